The highest BCUT2D eigenvalue weighted by Crippen LogP contribution is 2.18. The van der Waals surface area contributed by atoms with Crippen LogP contribution in [0.1, 0.15) is 33.0 Å². The molecule has 0 amide bonds. The summed E-state index contributed by atoms with van der Waals surface area (Å²) in [5.41, 5.74) is 1.91. The van der Waals surface area contributed by atoms with Crippen molar-refractivity contribution in [1.29, 1.82) is 0 Å². The number of hydrogen-bond donors (Lipinski definition) is 1. The number of halogens is 1. The zero-order valence-electron chi connectivity index (χ0n) is 13.1. The van der Waals surface area contributed by atoms with E-state index in [0.717, 1.165) is 28.0 Å². The Morgan fingerprint density at radius 2 is 1.95 bits per heavy atom. The standard InChI is InChI=1S/C9H10BrN3.C3H7N.C3H8/c1-3-13-6(2)12-9-8(13)4-7(10)5-11-9;1-3-4-2;1-3-2/h4-5H,3H2,1-2H3;3-4H,1H2,2H3;3H2,1-2H3. The molecule has 0 spiro atoms. The molecule has 112 valence electrons. The number of nitrogens with zero attached hydrogens (tertiary/aromatic N) is 3. The summed E-state index contributed by atoms with van der Waals surface area (Å²) < 4.78 is 3.14. The van der Waals surface area contributed by atoms with Gasteiger partial charge in [0.2, 0.25) is 0 Å². The number of rotatable bonds is 2. The van der Waals surface area contributed by atoms with Crippen LogP contribution in [0.5, 0.6) is 0 Å². The van der Waals surface area contributed by atoms with Crippen molar-refractivity contribution >= 4 is 27.1 Å². The molecule has 0 atom stereocenters. The van der Waals surface area contributed by atoms with Crippen LogP contribution in [-0.4, -0.2) is 21.6 Å². The van der Waals surface area contributed by atoms with Gasteiger partial charge in [-0.3, -0.25) is 0 Å². The summed E-state index contributed by atoms with van der Waals surface area (Å²) in [5, 5.41) is 2.69. The van der Waals surface area contributed by atoms with E-state index in [1.807, 2.05) is 20.0 Å². The largest absolute Gasteiger partial charge is 0.394 e. The molecule has 0 fully saturated rings. The summed E-state index contributed by atoms with van der Waals surface area (Å²) in [6.45, 7) is 12.7. The van der Waals surface area contributed by atoms with Crippen LogP contribution in [0.3, 0.4) is 0 Å². The Hall–Kier alpha value is -1.36. The van der Waals surface area contributed by atoms with E-state index in [2.05, 4.69) is 63.1 Å². The first-order valence-electron chi connectivity index (χ1n) is 6.82. The van der Waals surface area contributed by atoms with Gasteiger partial charge in [0.15, 0.2) is 5.65 Å². The van der Waals surface area contributed by atoms with E-state index in [0.29, 0.717) is 0 Å². The molecule has 0 bridgehead atoms. The third-order valence-corrected chi connectivity index (χ3v) is 2.72. The van der Waals surface area contributed by atoms with E-state index in [1.54, 1.807) is 12.4 Å². The van der Waals surface area contributed by atoms with E-state index >= 15 is 0 Å². The first kappa shape index (κ1) is 18.6. The molecule has 0 aliphatic carbocycles. The van der Waals surface area contributed by atoms with E-state index < -0.39 is 0 Å². The van der Waals surface area contributed by atoms with Gasteiger partial charge in [0.1, 0.15) is 5.82 Å². The second-order valence-corrected chi connectivity index (χ2v) is 5.02. The van der Waals surface area contributed by atoms with Crippen LogP contribution >= 0.6 is 15.9 Å². The number of fused-ring (bicyclic) bond motifs is 1. The molecule has 2 aromatic heterocycles. The average molecular weight is 341 g/mol. The Morgan fingerprint density at radius 1 is 1.40 bits per heavy atom. The second-order valence-electron chi connectivity index (χ2n) is 4.10. The van der Waals surface area contributed by atoms with Crippen LogP contribution in [0.2, 0.25) is 0 Å². The Kier molecular flexibility index (Phi) is 9.72. The van der Waals surface area contributed by atoms with Crippen molar-refractivity contribution < 1.29 is 0 Å². The lowest BCUT2D eigenvalue weighted by molar-refractivity contribution is 0.753. The molecule has 2 heterocycles. The van der Waals surface area contributed by atoms with Crippen LogP contribution in [0.4, 0.5) is 0 Å². The molecule has 2 aromatic rings. The molecule has 0 saturated carbocycles. The number of nitrogens with one attached hydrogen (secondary N) is 1. The van der Waals surface area contributed by atoms with Gasteiger partial charge in [0, 0.05) is 24.3 Å². The van der Waals surface area contributed by atoms with Gasteiger partial charge in [-0.1, -0.05) is 26.8 Å². The highest BCUT2D eigenvalue weighted by molar-refractivity contribution is 9.10. The number of aromatic nitrogens is 3. The van der Waals surface area contributed by atoms with Crippen molar-refractivity contribution in [2.24, 2.45) is 0 Å². The van der Waals surface area contributed by atoms with Crippen LogP contribution in [0.15, 0.2) is 29.5 Å². The molecule has 0 unspecified atom stereocenters. The van der Waals surface area contributed by atoms with Crippen LogP contribution in [0.25, 0.3) is 11.2 Å². The summed E-state index contributed by atoms with van der Waals surface area (Å²) in [5.74, 6) is 1.02. The SMILES string of the molecule is C=CNC.CCC.CCn1c(C)nc2ncc(Br)cc21. The van der Waals surface area contributed by atoms with E-state index in [4.69, 9.17) is 0 Å². The summed E-state index contributed by atoms with van der Waals surface area (Å²) in [7, 11) is 1.81. The van der Waals surface area contributed by atoms with E-state index in [-0.39, 0.29) is 0 Å². The number of imidazole rings is 1. The third kappa shape index (κ3) is 5.74. The Balaban J connectivity index is 0.000000438. The summed E-state index contributed by atoms with van der Waals surface area (Å²) in [4.78, 5) is 8.59. The lowest BCUT2D eigenvalue weighted by Gasteiger charge is -2.00. The fourth-order valence-electron chi connectivity index (χ4n) is 1.49. The molecule has 0 aromatic carbocycles. The van der Waals surface area contributed by atoms with Gasteiger partial charge in [-0.2, -0.15) is 0 Å². The first-order chi connectivity index (χ1) is 9.55. The minimum absolute atomic E-state index is 0.822. The third-order valence-electron chi connectivity index (χ3n) is 2.28. The monoisotopic (exact) mass is 340 g/mol. The summed E-state index contributed by atoms with van der Waals surface area (Å²) >= 11 is 3.40. The lowest BCUT2D eigenvalue weighted by Crippen LogP contribution is -1.96. The number of pyridine rings is 1. The fraction of sp³-hybridized carbons (Fsp3) is 0.467. The minimum atomic E-state index is 0.822. The molecule has 1 N–H and O–H groups in total. The van der Waals surface area contributed by atoms with Gasteiger partial charge in [-0.05, 0) is 42.0 Å². The zero-order valence-corrected chi connectivity index (χ0v) is 14.7. The van der Waals surface area contributed by atoms with Gasteiger partial charge in [0.25, 0.3) is 0 Å². The highest BCUT2D eigenvalue weighted by Gasteiger charge is 2.06. The normalized spacial score (nSPS) is 9.10. The molecular formula is C15H25BrN4. The quantitative estimate of drug-likeness (QED) is 0.886. The minimum Gasteiger partial charge on any atom is -0.394 e. The average Bonchev–Trinajstić information content (AvgIpc) is 2.74. The van der Waals surface area contributed by atoms with Gasteiger partial charge in [-0.25, -0.2) is 9.97 Å². The molecule has 0 saturated heterocycles. The van der Waals surface area contributed by atoms with Gasteiger partial charge in [-0.15, -0.1) is 0 Å². The molecule has 0 radical (unpaired) electrons. The maximum Gasteiger partial charge on any atom is 0.177 e. The summed E-state index contributed by atoms with van der Waals surface area (Å²) in [6.07, 6.45) is 4.65. The zero-order chi connectivity index (χ0) is 15.5. The van der Waals surface area contributed by atoms with Crippen molar-refractivity contribution in [3.8, 4) is 0 Å². The smallest absolute Gasteiger partial charge is 0.177 e. The van der Waals surface area contributed by atoms with Gasteiger partial charge in [0.05, 0.1) is 5.52 Å². The van der Waals surface area contributed by atoms with Crippen molar-refractivity contribution in [1.82, 2.24) is 19.9 Å². The first-order valence-corrected chi connectivity index (χ1v) is 7.61. The molecular weight excluding hydrogens is 316 g/mol. The predicted octanol–water partition coefficient (Wildman–Crippen LogP) is 4.29. The van der Waals surface area contributed by atoms with Crippen molar-refractivity contribution in [3.05, 3.63) is 35.3 Å². The molecule has 5 heteroatoms. The Morgan fingerprint density at radius 3 is 2.40 bits per heavy atom. The second kappa shape index (κ2) is 10.4. The van der Waals surface area contributed by atoms with E-state index in [9.17, 15) is 0 Å². The van der Waals surface area contributed by atoms with Crippen LogP contribution < -0.4 is 5.32 Å². The lowest BCUT2D eigenvalue weighted by atomic mass is 10.4. The molecule has 0 aliphatic heterocycles. The maximum absolute atomic E-state index is 4.36. The molecule has 4 nitrogen and oxygen atoms in total. The maximum atomic E-state index is 4.36. The fourth-order valence-corrected chi connectivity index (χ4v) is 1.81. The predicted molar refractivity (Wildman–Crippen MR) is 90.9 cm³/mol. The van der Waals surface area contributed by atoms with Crippen molar-refractivity contribution in [2.45, 2.75) is 40.7 Å². The van der Waals surface area contributed by atoms with Crippen molar-refractivity contribution in [3.63, 3.8) is 0 Å². The molecule has 0 aliphatic rings. The number of aryl methyl sites for hydroxylation is 2. The van der Waals surface area contributed by atoms with Gasteiger partial charge >= 0.3 is 0 Å². The van der Waals surface area contributed by atoms with Crippen molar-refractivity contribution in [2.75, 3.05) is 7.05 Å². The van der Waals surface area contributed by atoms with Gasteiger partial charge < -0.3 is 9.88 Å². The summed E-state index contributed by atoms with van der Waals surface area (Å²) in [6, 6.07) is 2.05. The number of hydrogen-bond acceptors (Lipinski definition) is 3. The molecule has 20 heavy (non-hydrogen) atoms. The molecule has 2 rings (SSSR count). The highest BCUT2D eigenvalue weighted by atomic mass is 79.9. The topological polar surface area (TPSA) is 42.7 Å². The van der Waals surface area contributed by atoms with E-state index in [1.165, 1.54) is 6.42 Å². The van der Waals surface area contributed by atoms with Crippen LogP contribution in [-0.2, 0) is 6.54 Å². The Labute approximate surface area is 130 Å². The Bertz CT molecular complexity index is 520. The van der Waals surface area contributed by atoms with Crippen LogP contribution in [0, 0.1) is 6.92 Å².